The first kappa shape index (κ1) is 10.3. The van der Waals surface area contributed by atoms with E-state index in [1.807, 2.05) is 24.3 Å². The molecular formula is C12H10N2O2. The Bertz CT molecular complexity index is 564. The molecule has 2 aromatic rings. The number of fused-ring (bicyclic) bond motifs is 1. The summed E-state index contributed by atoms with van der Waals surface area (Å²) in [7, 11) is 0. The minimum atomic E-state index is -0.222. The van der Waals surface area contributed by atoms with Crippen molar-refractivity contribution in [2.24, 2.45) is 0 Å². The van der Waals surface area contributed by atoms with Gasteiger partial charge in [-0.25, -0.2) is 4.98 Å². The molecule has 0 saturated heterocycles. The summed E-state index contributed by atoms with van der Waals surface area (Å²) in [4.78, 5) is 26.0. The molecule has 1 amide bonds. The zero-order chi connectivity index (χ0) is 11.5. The zero-order valence-corrected chi connectivity index (χ0v) is 8.73. The number of carbonyl (C=O) groups is 2. The van der Waals surface area contributed by atoms with Crippen molar-refractivity contribution in [1.82, 2.24) is 4.98 Å². The maximum absolute atomic E-state index is 11.0. The fourth-order valence-electron chi connectivity index (χ4n) is 1.51. The number of aldehydes is 1. The fraction of sp³-hybridized carbons (Fsp3) is 0.0833. The molecule has 80 valence electrons. The number of benzene rings is 1. The van der Waals surface area contributed by atoms with Crippen LogP contribution in [0.25, 0.3) is 10.9 Å². The lowest BCUT2D eigenvalue weighted by Crippen LogP contribution is -2.09. The number of nitrogens with one attached hydrogen (secondary N) is 1. The quantitative estimate of drug-likeness (QED) is 0.778. The van der Waals surface area contributed by atoms with Gasteiger partial charge in [0.1, 0.15) is 5.69 Å². The summed E-state index contributed by atoms with van der Waals surface area (Å²) in [6, 6.07) is 9.17. The molecular weight excluding hydrogens is 204 g/mol. The third-order valence-electron chi connectivity index (χ3n) is 2.18. The first-order valence-electron chi connectivity index (χ1n) is 4.83. The highest BCUT2D eigenvalue weighted by molar-refractivity contribution is 5.98. The number of rotatable bonds is 2. The number of pyridine rings is 1. The van der Waals surface area contributed by atoms with E-state index < -0.39 is 0 Å². The number of nitrogens with zero attached hydrogens (tertiary/aromatic N) is 1. The van der Waals surface area contributed by atoms with E-state index in [1.54, 1.807) is 6.07 Å². The number of amides is 1. The van der Waals surface area contributed by atoms with Crippen LogP contribution in [0.5, 0.6) is 0 Å². The Morgan fingerprint density at radius 3 is 2.81 bits per heavy atom. The average Bonchev–Trinajstić information content (AvgIpc) is 2.27. The van der Waals surface area contributed by atoms with Crippen LogP contribution < -0.4 is 5.32 Å². The summed E-state index contributed by atoms with van der Waals surface area (Å²) in [5, 5.41) is 3.47. The fourth-order valence-corrected chi connectivity index (χ4v) is 1.51. The molecule has 2 rings (SSSR count). The molecule has 0 atom stereocenters. The van der Waals surface area contributed by atoms with Crippen LogP contribution in [0.4, 0.5) is 5.69 Å². The van der Waals surface area contributed by atoms with Gasteiger partial charge < -0.3 is 5.32 Å². The van der Waals surface area contributed by atoms with Crippen molar-refractivity contribution in [2.45, 2.75) is 6.92 Å². The Morgan fingerprint density at radius 1 is 1.38 bits per heavy atom. The molecule has 0 fully saturated rings. The number of anilines is 1. The van der Waals surface area contributed by atoms with Crippen molar-refractivity contribution < 1.29 is 9.59 Å². The minimum Gasteiger partial charge on any atom is -0.324 e. The molecule has 0 saturated carbocycles. The molecule has 0 aliphatic rings. The molecule has 1 aromatic carbocycles. The Morgan fingerprint density at radius 2 is 2.12 bits per heavy atom. The third-order valence-corrected chi connectivity index (χ3v) is 2.18. The summed E-state index contributed by atoms with van der Waals surface area (Å²) in [6.07, 6.45) is 0.637. The van der Waals surface area contributed by atoms with Crippen molar-refractivity contribution in [2.75, 3.05) is 5.32 Å². The second-order valence-electron chi connectivity index (χ2n) is 3.41. The first-order valence-corrected chi connectivity index (χ1v) is 4.83. The molecule has 4 heteroatoms. The normalized spacial score (nSPS) is 10.1. The van der Waals surface area contributed by atoms with E-state index in [4.69, 9.17) is 0 Å². The van der Waals surface area contributed by atoms with Crippen LogP contribution in [-0.4, -0.2) is 17.2 Å². The number of carbonyl (C=O) groups excluding carboxylic acids is 2. The van der Waals surface area contributed by atoms with Gasteiger partial charge in [0.25, 0.3) is 0 Å². The number of aromatic nitrogens is 1. The van der Waals surface area contributed by atoms with Gasteiger partial charge in [0, 0.05) is 12.3 Å². The number of hydrogen-bond donors (Lipinski definition) is 1. The molecule has 0 unspecified atom stereocenters. The standard InChI is InChI=1S/C12H10N2O2/c1-8(16)13-11-6-9-4-2-3-5-10(9)14-12(11)7-15/h2-7H,1H3,(H,13,16). The van der Waals surface area contributed by atoms with Gasteiger partial charge in [0.2, 0.25) is 5.91 Å². The highest BCUT2D eigenvalue weighted by atomic mass is 16.1. The van der Waals surface area contributed by atoms with E-state index in [2.05, 4.69) is 10.3 Å². The van der Waals surface area contributed by atoms with Crippen molar-refractivity contribution in [3.63, 3.8) is 0 Å². The van der Waals surface area contributed by atoms with Gasteiger partial charge in [-0.05, 0) is 12.1 Å². The Kier molecular flexibility index (Phi) is 2.64. The molecule has 1 heterocycles. The lowest BCUT2D eigenvalue weighted by Gasteiger charge is -2.06. The van der Waals surface area contributed by atoms with Crippen LogP contribution in [0, 0.1) is 0 Å². The van der Waals surface area contributed by atoms with Crippen molar-refractivity contribution in [1.29, 1.82) is 0 Å². The van der Waals surface area contributed by atoms with Crippen LogP contribution in [0.15, 0.2) is 30.3 Å². The second kappa shape index (κ2) is 4.10. The topological polar surface area (TPSA) is 59.1 Å². The summed E-state index contributed by atoms with van der Waals surface area (Å²) < 4.78 is 0. The second-order valence-corrected chi connectivity index (χ2v) is 3.41. The van der Waals surface area contributed by atoms with Crippen molar-refractivity contribution in [3.8, 4) is 0 Å². The van der Waals surface area contributed by atoms with Crippen LogP contribution in [0.3, 0.4) is 0 Å². The number of hydrogen-bond acceptors (Lipinski definition) is 3. The Labute approximate surface area is 92.3 Å². The molecule has 0 spiro atoms. The Balaban J connectivity index is 2.62. The molecule has 4 nitrogen and oxygen atoms in total. The van der Waals surface area contributed by atoms with E-state index in [0.717, 1.165) is 10.9 Å². The van der Waals surface area contributed by atoms with Gasteiger partial charge in [0.15, 0.2) is 6.29 Å². The molecule has 0 aliphatic heterocycles. The maximum Gasteiger partial charge on any atom is 0.221 e. The van der Waals surface area contributed by atoms with Gasteiger partial charge in [-0.2, -0.15) is 0 Å². The van der Waals surface area contributed by atoms with Gasteiger partial charge >= 0.3 is 0 Å². The van der Waals surface area contributed by atoms with Crippen molar-refractivity contribution >= 4 is 28.8 Å². The first-order chi connectivity index (χ1) is 7.70. The predicted octanol–water partition coefficient (Wildman–Crippen LogP) is 2.01. The van der Waals surface area contributed by atoms with Crippen LogP contribution >= 0.6 is 0 Å². The molecule has 16 heavy (non-hydrogen) atoms. The van der Waals surface area contributed by atoms with E-state index >= 15 is 0 Å². The van der Waals surface area contributed by atoms with Crippen molar-refractivity contribution in [3.05, 3.63) is 36.0 Å². The SMILES string of the molecule is CC(=O)Nc1cc2ccccc2nc1C=O. The maximum atomic E-state index is 11.0. The largest absolute Gasteiger partial charge is 0.324 e. The zero-order valence-electron chi connectivity index (χ0n) is 8.73. The number of para-hydroxylation sites is 1. The molecule has 1 N–H and O–H groups in total. The highest BCUT2D eigenvalue weighted by Gasteiger charge is 2.06. The molecule has 1 aromatic heterocycles. The minimum absolute atomic E-state index is 0.222. The Hall–Kier alpha value is -2.23. The van der Waals surface area contributed by atoms with Gasteiger partial charge in [-0.1, -0.05) is 18.2 Å². The molecule has 0 aliphatic carbocycles. The average molecular weight is 214 g/mol. The molecule has 0 radical (unpaired) electrons. The summed E-state index contributed by atoms with van der Waals surface area (Å²) in [5.74, 6) is -0.222. The third kappa shape index (κ3) is 1.91. The van der Waals surface area contributed by atoms with Gasteiger partial charge in [-0.15, -0.1) is 0 Å². The smallest absolute Gasteiger partial charge is 0.221 e. The van der Waals surface area contributed by atoms with E-state index in [1.165, 1.54) is 6.92 Å². The van der Waals surface area contributed by atoms with E-state index in [-0.39, 0.29) is 11.6 Å². The lowest BCUT2D eigenvalue weighted by molar-refractivity contribution is -0.114. The van der Waals surface area contributed by atoms with E-state index in [0.29, 0.717) is 12.0 Å². The van der Waals surface area contributed by atoms with Crippen LogP contribution in [0.1, 0.15) is 17.4 Å². The van der Waals surface area contributed by atoms with Crippen LogP contribution in [-0.2, 0) is 4.79 Å². The monoisotopic (exact) mass is 214 g/mol. The van der Waals surface area contributed by atoms with Crippen LogP contribution in [0.2, 0.25) is 0 Å². The predicted molar refractivity (Wildman–Crippen MR) is 61.4 cm³/mol. The molecule has 0 bridgehead atoms. The van der Waals surface area contributed by atoms with Gasteiger partial charge in [0.05, 0.1) is 11.2 Å². The lowest BCUT2D eigenvalue weighted by atomic mass is 10.2. The van der Waals surface area contributed by atoms with E-state index in [9.17, 15) is 9.59 Å². The highest BCUT2D eigenvalue weighted by Crippen LogP contribution is 2.19. The summed E-state index contributed by atoms with van der Waals surface area (Å²) >= 11 is 0. The summed E-state index contributed by atoms with van der Waals surface area (Å²) in [5.41, 5.74) is 1.42. The van der Waals surface area contributed by atoms with Gasteiger partial charge in [-0.3, -0.25) is 9.59 Å². The summed E-state index contributed by atoms with van der Waals surface area (Å²) in [6.45, 7) is 1.39.